The Bertz CT molecular complexity index is 773. The molecule has 0 heterocycles. The first-order valence-corrected chi connectivity index (χ1v) is 8.46. The van der Waals surface area contributed by atoms with Crippen molar-refractivity contribution in [3.8, 4) is 0 Å². The summed E-state index contributed by atoms with van der Waals surface area (Å²) in [6.45, 7) is -0.440. The van der Waals surface area contributed by atoms with Gasteiger partial charge in [-0.3, -0.25) is 14.4 Å². The molecule has 2 amide bonds. The third kappa shape index (κ3) is 6.57. The first-order valence-electron chi connectivity index (χ1n) is 8.08. The second kappa shape index (κ2) is 9.58. The third-order valence-corrected chi connectivity index (χ3v) is 3.87. The average molecular weight is 375 g/mol. The Morgan fingerprint density at radius 1 is 0.962 bits per heavy atom. The number of hydrogen-bond donors (Lipinski definition) is 3. The number of hydrogen-bond acceptors (Lipinski definition) is 3. The molecule has 0 bridgehead atoms. The molecule has 2 aromatic carbocycles. The fraction of sp³-hybridized carbons (Fsp3) is 0.211. The molecule has 0 spiro atoms. The van der Waals surface area contributed by atoms with Crippen molar-refractivity contribution < 1.29 is 19.5 Å². The number of carbonyl (C=O) groups is 3. The summed E-state index contributed by atoms with van der Waals surface area (Å²) in [4.78, 5) is 34.1. The number of anilines is 1. The molecule has 3 N–H and O–H groups in total. The lowest BCUT2D eigenvalue weighted by Crippen LogP contribution is -2.29. The van der Waals surface area contributed by atoms with Crippen LogP contribution in [0.25, 0.3) is 0 Å². The lowest BCUT2D eigenvalue weighted by atomic mass is 10.1. The number of carbonyl (C=O) groups excluding carboxylic acids is 2. The quantitative estimate of drug-likeness (QED) is 0.661. The summed E-state index contributed by atoms with van der Waals surface area (Å²) >= 11 is 5.83. The fourth-order valence-electron chi connectivity index (χ4n) is 2.29. The molecule has 0 unspecified atom stereocenters. The van der Waals surface area contributed by atoms with Crippen LogP contribution in [0.4, 0.5) is 5.69 Å². The smallest absolute Gasteiger partial charge is 0.322 e. The molecule has 136 valence electrons. The zero-order valence-corrected chi connectivity index (χ0v) is 14.8. The summed E-state index contributed by atoms with van der Waals surface area (Å²) < 4.78 is 0. The number of benzene rings is 2. The van der Waals surface area contributed by atoms with E-state index in [9.17, 15) is 14.4 Å². The van der Waals surface area contributed by atoms with Gasteiger partial charge in [0.1, 0.15) is 6.54 Å². The Balaban J connectivity index is 1.77. The molecule has 2 aromatic rings. The van der Waals surface area contributed by atoms with Crippen molar-refractivity contribution in [3.05, 3.63) is 64.7 Å². The van der Waals surface area contributed by atoms with Crippen LogP contribution in [0.5, 0.6) is 0 Å². The molecule has 0 fully saturated rings. The summed E-state index contributed by atoms with van der Waals surface area (Å²) in [5.41, 5.74) is 2.03. The number of aryl methyl sites for hydroxylation is 1. The van der Waals surface area contributed by atoms with E-state index in [1.807, 2.05) is 24.3 Å². The van der Waals surface area contributed by atoms with Crippen LogP contribution < -0.4 is 10.6 Å². The van der Waals surface area contributed by atoms with Crippen molar-refractivity contribution >= 4 is 35.1 Å². The van der Waals surface area contributed by atoms with Gasteiger partial charge in [-0.05, 0) is 54.8 Å². The maximum absolute atomic E-state index is 12.0. The Morgan fingerprint density at radius 3 is 2.23 bits per heavy atom. The molecule has 0 radical (unpaired) electrons. The van der Waals surface area contributed by atoms with E-state index in [1.54, 1.807) is 12.1 Å². The highest BCUT2D eigenvalue weighted by Crippen LogP contribution is 2.13. The molecule has 7 heteroatoms. The number of amides is 2. The van der Waals surface area contributed by atoms with Crippen LogP contribution in [-0.4, -0.2) is 29.4 Å². The van der Waals surface area contributed by atoms with Crippen molar-refractivity contribution in [1.29, 1.82) is 0 Å². The first-order chi connectivity index (χ1) is 12.4. The molecule has 6 nitrogen and oxygen atoms in total. The summed E-state index contributed by atoms with van der Waals surface area (Å²) in [5.74, 6) is -1.70. The topological polar surface area (TPSA) is 95.5 Å². The van der Waals surface area contributed by atoms with E-state index in [1.165, 1.54) is 12.1 Å². The second-order valence-electron chi connectivity index (χ2n) is 5.68. The van der Waals surface area contributed by atoms with E-state index in [0.717, 1.165) is 12.0 Å². The highest BCUT2D eigenvalue weighted by atomic mass is 35.5. The van der Waals surface area contributed by atoms with Crippen LogP contribution in [-0.2, 0) is 16.0 Å². The van der Waals surface area contributed by atoms with E-state index in [-0.39, 0.29) is 5.91 Å². The van der Waals surface area contributed by atoms with Gasteiger partial charge < -0.3 is 15.7 Å². The largest absolute Gasteiger partial charge is 0.480 e. The molecule has 0 aliphatic rings. The predicted octanol–water partition coefficient (Wildman–Crippen LogP) is 3.12. The van der Waals surface area contributed by atoms with Crippen molar-refractivity contribution in [3.63, 3.8) is 0 Å². The molecule has 0 saturated heterocycles. The van der Waals surface area contributed by atoms with Gasteiger partial charge in [0.15, 0.2) is 0 Å². The minimum absolute atomic E-state index is 0.109. The summed E-state index contributed by atoms with van der Waals surface area (Å²) in [5, 5.41) is 14.3. The van der Waals surface area contributed by atoms with E-state index >= 15 is 0 Å². The normalized spacial score (nSPS) is 10.2. The van der Waals surface area contributed by atoms with Crippen LogP contribution in [0, 0.1) is 0 Å². The van der Waals surface area contributed by atoms with Crippen LogP contribution in [0.2, 0.25) is 5.02 Å². The summed E-state index contributed by atoms with van der Waals surface area (Å²) in [6.07, 6.45) is 1.87. The average Bonchev–Trinajstić information content (AvgIpc) is 2.62. The van der Waals surface area contributed by atoms with Crippen molar-refractivity contribution in [2.45, 2.75) is 19.3 Å². The van der Waals surface area contributed by atoms with E-state index in [4.69, 9.17) is 16.7 Å². The standard InChI is InChI=1S/C19H19ClN2O4/c20-15-8-4-13(5-9-15)2-1-3-17(23)22-16-10-6-14(7-11-16)19(26)21-12-18(24)25/h4-11H,1-3,12H2,(H,21,26)(H,22,23)(H,24,25). The van der Waals surface area contributed by atoms with Crippen molar-refractivity contribution in [1.82, 2.24) is 5.32 Å². The summed E-state index contributed by atoms with van der Waals surface area (Å²) in [7, 11) is 0. The SMILES string of the molecule is O=C(O)CNC(=O)c1ccc(NC(=O)CCCc2ccc(Cl)cc2)cc1. The van der Waals surface area contributed by atoms with E-state index < -0.39 is 18.4 Å². The lowest BCUT2D eigenvalue weighted by Gasteiger charge is -2.07. The van der Waals surface area contributed by atoms with Gasteiger partial charge in [0.25, 0.3) is 5.91 Å². The van der Waals surface area contributed by atoms with Crippen molar-refractivity contribution in [2.24, 2.45) is 0 Å². The number of halogens is 1. The fourth-order valence-corrected chi connectivity index (χ4v) is 2.42. The number of carboxylic acid groups (broad SMARTS) is 1. The van der Waals surface area contributed by atoms with Gasteiger partial charge >= 0.3 is 5.97 Å². The monoisotopic (exact) mass is 374 g/mol. The van der Waals surface area contributed by atoms with E-state index in [0.29, 0.717) is 29.1 Å². The van der Waals surface area contributed by atoms with E-state index in [2.05, 4.69) is 10.6 Å². The first kappa shape index (κ1) is 19.5. The van der Waals surface area contributed by atoms with Gasteiger partial charge in [-0.1, -0.05) is 23.7 Å². The van der Waals surface area contributed by atoms with Gasteiger partial charge in [0.2, 0.25) is 5.91 Å². The van der Waals surface area contributed by atoms with Gasteiger partial charge in [-0.25, -0.2) is 0 Å². The van der Waals surface area contributed by atoms with Gasteiger partial charge in [0.05, 0.1) is 0 Å². The second-order valence-corrected chi connectivity index (χ2v) is 6.12. The van der Waals surface area contributed by atoms with Crippen molar-refractivity contribution in [2.75, 3.05) is 11.9 Å². The van der Waals surface area contributed by atoms with Gasteiger partial charge in [-0.15, -0.1) is 0 Å². The maximum Gasteiger partial charge on any atom is 0.322 e. The minimum Gasteiger partial charge on any atom is -0.480 e. The number of aliphatic carboxylic acids is 1. The minimum atomic E-state index is -1.11. The zero-order valence-electron chi connectivity index (χ0n) is 14.0. The molecule has 0 aliphatic heterocycles. The van der Waals surface area contributed by atoms with Gasteiger partial charge in [-0.2, -0.15) is 0 Å². The van der Waals surface area contributed by atoms with Gasteiger partial charge in [0, 0.05) is 22.7 Å². The molecule has 26 heavy (non-hydrogen) atoms. The Labute approximate surface area is 156 Å². The van der Waals surface area contributed by atoms with Crippen LogP contribution in [0.15, 0.2) is 48.5 Å². The Morgan fingerprint density at radius 2 is 1.62 bits per heavy atom. The Hall–Kier alpha value is -2.86. The highest BCUT2D eigenvalue weighted by Gasteiger charge is 2.08. The zero-order chi connectivity index (χ0) is 18.9. The molecule has 0 atom stereocenters. The highest BCUT2D eigenvalue weighted by molar-refractivity contribution is 6.30. The van der Waals surface area contributed by atoms with Crippen LogP contribution in [0.3, 0.4) is 0 Å². The molecule has 0 aromatic heterocycles. The van der Waals surface area contributed by atoms with Crippen LogP contribution in [0.1, 0.15) is 28.8 Å². The lowest BCUT2D eigenvalue weighted by molar-refractivity contribution is -0.135. The maximum atomic E-state index is 12.0. The molecule has 2 rings (SSSR count). The van der Waals surface area contributed by atoms with Crippen LogP contribution >= 0.6 is 11.6 Å². The molecule has 0 saturated carbocycles. The molecular formula is C19H19ClN2O4. The summed E-state index contributed by atoms with van der Waals surface area (Å²) in [6, 6.07) is 13.8. The molecular weight excluding hydrogens is 356 g/mol. The predicted molar refractivity (Wildman–Crippen MR) is 99.4 cm³/mol. The Kier molecular flexibility index (Phi) is 7.17. The third-order valence-electron chi connectivity index (χ3n) is 3.61. The number of carboxylic acids is 1. The number of rotatable bonds is 8. The molecule has 0 aliphatic carbocycles. The number of nitrogens with one attached hydrogen (secondary N) is 2.